The normalized spacial score (nSPS) is 9.47. The van der Waals surface area contributed by atoms with E-state index in [1.807, 2.05) is 18.2 Å². The van der Waals surface area contributed by atoms with Gasteiger partial charge in [0.1, 0.15) is 12.4 Å². The molecule has 5 heteroatoms. The van der Waals surface area contributed by atoms with E-state index in [4.69, 9.17) is 22.1 Å². The highest BCUT2D eigenvalue weighted by Crippen LogP contribution is 2.26. The van der Waals surface area contributed by atoms with E-state index in [9.17, 15) is 0 Å². The van der Waals surface area contributed by atoms with Crippen molar-refractivity contribution in [2.75, 3.05) is 5.73 Å². The van der Waals surface area contributed by atoms with E-state index < -0.39 is 0 Å². The van der Waals surface area contributed by atoms with Crippen LogP contribution in [0.1, 0.15) is 5.69 Å². The first-order valence-corrected chi connectivity index (χ1v) is 5.21. The summed E-state index contributed by atoms with van der Waals surface area (Å²) in [7, 11) is 0. The van der Waals surface area contributed by atoms with E-state index in [0.717, 1.165) is 5.69 Å². The fourth-order valence-corrected chi connectivity index (χ4v) is 1.51. The number of nitrogens with two attached hydrogens (primary N) is 1. The lowest BCUT2D eigenvalue weighted by molar-refractivity contribution is 0.301. The van der Waals surface area contributed by atoms with Gasteiger partial charge in [0.05, 0.1) is 10.7 Å². The number of hydrogen-bond acceptors (Lipinski definition) is 3. The Morgan fingerprint density at radius 2 is 2.06 bits per heavy atom. The van der Waals surface area contributed by atoms with Gasteiger partial charge in [-0.1, -0.05) is 17.7 Å². The van der Waals surface area contributed by atoms with Crippen molar-refractivity contribution in [3.05, 3.63) is 53.3 Å². The fraction of sp³-hybridized carbons (Fsp3) is 0.0833. The Bertz CT molecular complexity index is 477. The second-order valence-corrected chi connectivity index (χ2v) is 3.71. The van der Waals surface area contributed by atoms with Gasteiger partial charge in [-0.15, -0.1) is 12.4 Å². The van der Waals surface area contributed by atoms with E-state index >= 15 is 0 Å². The van der Waals surface area contributed by atoms with Crippen molar-refractivity contribution < 1.29 is 4.74 Å². The summed E-state index contributed by atoms with van der Waals surface area (Å²) in [5.74, 6) is 0.613. The van der Waals surface area contributed by atoms with E-state index in [0.29, 0.717) is 23.1 Å². The number of aromatic nitrogens is 1. The third-order valence-electron chi connectivity index (χ3n) is 2.06. The predicted octanol–water partition coefficient (Wildman–Crippen LogP) is 3.32. The first-order chi connectivity index (χ1) is 7.75. The lowest BCUT2D eigenvalue weighted by Crippen LogP contribution is -1.98. The second-order valence-electron chi connectivity index (χ2n) is 3.30. The van der Waals surface area contributed by atoms with Crippen molar-refractivity contribution in [2.24, 2.45) is 0 Å². The lowest BCUT2D eigenvalue weighted by Gasteiger charge is -2.07. The van der Waals surface area contributed by atoms with Crippen molar-refractivity contribution in [1.29, 1.82) is 0 Å². The molecule has 1 aromatic heterocycles. The summed E-state index contributed by atoms with van der Waals surface area (Å²) in [6, 6.07) is 10.8. The molecule has 0 fully saturated rings. The zero-order valence-corrected chi connectivity index (χ0v) is 10.5. The molecule has 0 unspecified atom stereocenters. The minimum absolute atomic E-state index is 0. The average Bonchev–Trinajstić information content (AvgIpc) is 2.29. The van der Waals surface area contributed by atoms with Crippen LogP contribution in [0.2, 0.25) is 5.02 Å². The maximum atomic E-state index is 5.97. The number of benzene rings is 1. The van der Waals surface area contributed by atoms with Crippen molar-refractivity contribution in [3.8, 4) is 5.75 Å². The monoisotopic (exact) mass is 270 g/mol. The van der Waals surface area contributed by atoms with Crippen molar-refractivity contribution in [2.45, 2.75) is 6.61 Å². The average molecular weight is 271 g/mol. The maximum absolute atomic E-state index is 5.97. The molecule has 0 saturated carbocycles. The van der Waals surface area contributed by atoms with Crippen LogP contribution in [0.4, 0.5) is 5.69 Å². The summed E-state index contributed by atoms with van der Waals surface area (Å²) in [5.41, 5.74) is 7.06. The Kier molecular flexibility index (Phi) is 5.07. The van der Waals surface area contributed by atoms with Gasteiger partial charge in [-0.3, -0.25) is 4.98 Å². The molecule has 2 aromatic rings. The Labute approximate surface area is 111 Å². The fourth-order valence-electron chi connectivity index (χ4n) is 1.27. The summed E-state index contributed by atoms with van der Waals surface area (Å²) in [6.45, 7) is 0.393. The van der Waals surface area contributed by atoms with Crippen LogP contribution in [0.5, 0.6) is 5.75 Å². The van der Waals surface area contributed by atoms with Gasteiger partial charge >= 0.3 is 0 Å². The molecular formula is C12H12Cl2N2O. The number of anilines is 1. The molecule has 0 amide bonds. The highest BCUT2D eigenvalue weighted by molar-refractivity contribution is 6.32. The Balaban J connectivity index is 0.00000144. The third-order valence-corrected chi connectivity index (χ3v) is 2.35. The van der Waals surface area contributed by atoms with Gasteiger partial charge in [0.25, 0.3) is 0 Å². The van der Waals surface area contributed by atoms with E-state index in [2.05, 4.69) is 4.98 Å². The SMILES string of the molecule is Cl.Nc1ccc(OCc2ccccn2)c(Cl)c1. The number of halogens is 2. The van der Waals surface area contributed by atoms with Crippen LogP contribution >= 0.6 is 24.0 Å². The molecule has 90 valence electrons. The number of nitrogens with zero attached hydrogens (tertiary/aromatic N) is 1. The standard InChI is InChI=1S/C12H11ClN2O.ClH/c13-11-7-9(14)4-5-12(11)16-8-10-3-1-2-6-15-10;/h1-7H,8,14H2;1H. The molecule has 0 aliphatic carbocycles. The predicted molar refractivity (Wildman–Crippen MR) is 71.7 cm³/mol. The van der Waals surface area contributed by atoms with Crippen molar-refractivity contribution in [1.82, 2.24) is 4.98 Å². The molecule has 0 radical (unpaired) electrons. The van der Waals surface area contributed by atoms with Crippen LogP contribution in [0.3, 0.4) is 0 Å². The second kappa shape index (κ2) is 6.33. The van der Waals surface area contributed by atoms with Gasteiger partial charge < -0.3 is 10.5 Å². The number of pyridine rings is 1. The van der Waals surface area contributed by atoms with Gasteiger partial charge in [0.2, 0.25) is 0 Å². The van der Waals surface area contributed by atoms with E-state index in [1.54, 1.807) is 24.4 Å². The molecule has 2 N–H and O–H groups in total. The summed E-state index contributed by atoms with van der Waals surface area (Å²) in [6.07, 6.45) is 1.73. The van der Waals surface area contributed by atoms with Gasteiger partial charge in [0, 0.05) is 11.9 Å². The van der Waals surface area contributed by atoms with Crippen LogP contribution in [0, 0.1) is 0 Å². The Hall–Kier alpha value is -1.45. The number of hydrogen-bond donors (Lipinski definition) is 1. The number of nitrogen functional groups attached to an aromatic ring is 1. The molecule has 17 heavy (non-hydrogen) atoms. The van der Waals surface area contributed by atoms with Crippen LogP contribution in [0.15, 0.2) is 42.6 Å². The molecule has 1 heterocycles. The van der Waals surface area contributed by atoms with E-state index in [-0.39, 0.29) is 12.4 Å². The largest absolute Gasteiger partial charge is 0.486 e. The van der Waals surface area contributed by atoms with Crippen LogP contribution < -0.4 is 10.5 Å². The molecule has 2 rings (SSSR count). The smallest absolute Gasteiger partial charge is 0.138 e. The molecular weight excluding hydrogens is 259 g/mol. The molecule has 0 atom stereocenters. The van der Waals surface area contributed by atoms with Crippen molar-refractivity contribution in [3.63, 3.8) is 0 Å². The quantitative estimate of drug-likeness (QED) is 0.871. The minimum atomic E-state index is 0. The van der Waals surface area contributed by atoms with Gasteiger partial charge in [-0.25, -0.2) is 0 Å². The highest BCUT2D eigenvalue weighted by Gasteiger charge is 2.02. The van der Waals surface area contributed by atoms with Gasteiger partial charge in [-0.2, -0.15) is 0 Å². The number of ether oxygens (including phenoxy) is 1. The Morgan fingerprint density at radius 3 is 2.71 bits per heavy atom. The highest BCUT2D eigenvalue weighted by atomic mass is 35.5. The molecule has 3 nitrogen and oxygen atoms in total. The van der Waals surface area contributed by atoms with Crippen LogP contribution in [0.25, 0.3) is 0 Å². The molecule has 0 saturated heterocycles. The van der Waals surface area contributed by atoms with Crippen LogP contribution in [-0.4, -0.2) is 4.98 Å². The summed E-state index contributed by atoms with van der Waals surface area (Å²) >= 11 is 5.97. The first-order valence-electron chi connectivity index (χ1n) is 4.83. The molecule has 0 spiro atoms. The molecule has 0 aliphatic heterocycles. The minimum Gasteiger partial charge on any atom is -0.486 e. The van der Waals surface area contributed by atoms with Gasteiger partial charge in [0.15, 0.2) is 0 Å². The number of rotatable bonds is 3. The van der Waals surface area contributed by atoms with E-state index in [1.165, 1.54) is 0 Å². The zero-order chi connectivity index (χ0) is 11.4. The zero-order valence-electron chi connectivity index (χ0n) is 8.97. The first kappa shape index (κ1) is 13.6. The topological polar surface area (TPSA) is 48.1 Å². The molecule has 1 aromatic carbocycles. The molecule has 0 aliphatic rings. The maximum Gasteiger partial charge on any atom is 0.138 e. The lowest BCUT2D eigenvalue weighted by atomic mass is 10.3. The summed E-state index contributed by atoms with van der Waals surface area (Å²) < 4.78 is 5.53. The summed E-state index contributed by atoms with van der Waals surface area (Å²) in [4.78, 5) is 4.15. The molecule has 0 bridgehead atoms. The van der Waals surface area contributed by atoms with Gasteiger partial charge in [-0.05, 0) is 30.3 Å². The van der Waals surface area contributed by atoms with Crippen LogP contribution in [-0.2, 0) is 6.61 Å². The summed E-state index contributed by atoms with van der Waals surface area (Å²) in [5, 5.41) is 0.510. The third kappa shape index (κ3) is 3.80. The van der Waals surface area contributed by atoms with Crippen molar-refractivity contribution >= 4 is 29.7 Å². The Morgan fingerprint density at radius 1 is 1.24 bits per heavy atom.